The van der Waals surface area contributed by atoms with Crippen LogP contribution in [-0.4, -0.2) is 6.04 Å². The molecule has 0 amide bonds. The Balaban J connectivity index is 2.51. The molecular weight excluding hydrogens is 203 g/mol. The Kier molecular flexibility index (Phi) is 5.55. The average molecular weight is 220 g/mol. The van der Waals surface area contributed by atoms with E-state index in [1.807, 2.05) is 13.0 Å². The largest absolute Gasteiger partial charge is 0.271 e. The maximum Gasteiger partial charge on any atom is 0.123 e. The Morgan fingerprint density at radius 1 is 1.50 bits per heavy atom. The van der Waals surface area contributed by atoms with Crippen molar-refractivity contribution in [2.24, 2.45) is 5.84 Å². The van der Waals surface area contributed by atoms with Gasteiger partial charge >= 0.3 is 0 Å². The lowest BCUT2D eigenvalue weighted by Crippen LogP contribution is -2.36. The normalized spacial score (nSPS) is 11.7. The van der Waals surface area contributed by atoms with Crippen molar-refractivity contribution in [3.8, 4) is 11.8 Å². The van der Waals surface area contributed by atoms with E-state index in [9.17, 15) is 4.39 Å². The molecule has 3 N–H and O–H groups in total. The van der Waals surface area contributed by atoms with Crippen molar-refractivity contribution in [1.82, 2.24) is 5.43 Å². The summed E-state index contributed by atoms with van der Waals surface area (Å²) in [5.41, 5.74) is 3.69. The molecule has 0 aliphatic carbocycles. The van der Waals surface area contributed by atoms with Crippen molar-refractivity contribution in [3.63, 3.8) is 0 Å². The van der Waals surface area contributed by atoms with Gasteiger partial charge in [0.2, 0.25) is 0 Å². The molecule has 0 radical (unpaired) electrons. The van der Waals surface area contributed by atoms with E-state index < -0.39 is 0 Å². The predicted octanol–water partition coefficient (Wildman–Crippen LogP) is 2.00. The van der Waals surface area contributed by atoms with Crippen molar-refractivity contribution < 1.29 is 4.39 Å². The van der Waals surface area contributed by atoms with Gasteiger partial charge in [-0.15, -0.1) is 11.8 Å². The summed E-state index contributed by atoms with van der Waals surface area (Å²) in [5.74, 6) is 11.1. The highest BCUT2D eigenvalue weighted by Crippen LogP contribution is 2.08. The lowest BCUT2D eigenvalue weighted by Gasteiger charge is -2.14. The summed E-state index contributed by atoms with van der Waals surface area (Å²) in [6, 6.07) is 6.73. The van der Waals surface area contributed by atoms with Crippen LogP contribution in [0.3, 0.4) is 0 Å². The van der Waals surface area contributed by atoms with Gasteiger partial charge in [-0.2, -0.15) is 0 Å². The molecule has 1 unspecified atom stereocenters. The van der Waals surface area contributed by atoms with Gasteiger partial charge in [0.25, 0.3) is 0 Å². The molecule has 1 aromatic rings. The van der Waals surface area contributed by atoms with Crippen molar-refractivity contribution in [1.29, 1.82) is 0 Å². The zero-order valence-corrected chi connectivity index (χ0v) is 9.46. The van der Waals surface area contributed by atoms with Crippen LogP contribution in [0.25, 0.3) is 0 Å². The van der Waals surface area contributed by atoms with E-state index in [1.54, 1.807) is 6.07 Å². The van der Waals surface area contributed by atoms with Gasteiger partial charge in [-0.25, -0.2) is 4.39 Å². The van der Waals surface area contributed by atoms with Gasteiger partial charge in [-0.3, -0.25) is 11.3 Å². The number of benzene rings is 1. The SMILES string of the molecule is CC#CCCC(Cc1cccc(F)c1)NN. The van der Waals surface area contributed by atoms with Crippen molar-refractivity contribution >= 4 is 0 Å². The zero-order chi connectivity index (χ0) is 11.8. The molecule has 1 atom stereocenters. The van der Waals surface area contributed by atoms with Crippen LogP contribution in [0.4, 0.5) is 4.39 Å². The smallest absolute Gasteiger partial charge is 0.123 e. The minimum Gasteiger partial charge on any atom is -0.271 e. The molecule has 0 saturated heterocycles. The minimum atomic E-state index is -0.207. The van der Waals surface area contributed by atoms with E-state index in [4.69, 9.17) is 5.84 Å². The summed E-state index contributed by atoms with van der Waals surface area (Å²) in [4.78, 5) is 0. The number of hydrogen-bond acceptors (Lipinski definition) is 2. The van der Waals surface area contributed by atoms with Crippen LogP contribution in [0, 0.1) is 17.7 Å². The maximum absolute atomic E-state index is 13.0. The number of nitrogens with one attached hydrogen (secondary N) is 1. The number of halogens is 1. The van der Waals surface area contributed by atoms with Gasteiger partial charge in [0.15, 0.2) is 0 Å². The van der Waals surface area contributed by atoms with Crippen LogP contribution >= 0.6 is 0 Å². The molecular formula is C13H17FN2. The highest BCUT2D eigenvalue weighted by Gasteiger charge is 2.07. The maximum atomic E-state index is 13.0. The molecule has 0 bridgehead atoms. The highest BCUT2D eigenvalue weighted by atomic mass is 19.1. The third-order valence-electron chi connectivity index (χ3n) is 2.40. The van der Waals surface area contributed by atoms with Gasteiger partial charge < -0.3 is 0 Å². The molecule has 0 aromatic heterocycles. The Morgan fingerprint density at radius 3 is 2.94 bits per heavy atom. The topological polar surface area (TPSA) is 38.0 Å². The molecule has 0 aliphatic rings. The van der Waals surface area contributed by atoms with E-state index >= 15 is 0 Å². The Bertz CT molecular complexity index is 379. The first-order valence-corrected chi connectivity index (χ1v) is 5.36. The lowest BCUT2D eigenvalue weighted by molar-refractivity contribution is 0.496. The average Bonchev–Trinajstić information content (AvgIpc) is 2.28. The van der Waals surface area contributed by atoms with E-state index in [1.165, 1.54) is 12.1 Å². The number of nitrogens with two attached hydrogens (primary N) is 1. The van der Waals surface area contributed by atoms with Crippen LogP contribution in [0.5, 0.6) is 0 Å². The Morgan fingerprint density at radius 2 is 2.31 bits per heavy atom. The fourth-order valence-electron chi connectivity index (χ4n) is 1.56. The first kappa shape index (κ1) is 12.7. The zero-order valence-electron chi connectivity index (χ0n) is 9.46. The molecule has 0 aliphatic heterocycles. The molecule has 3 heteroatoms. The van der Waals surface area contributed by atoms with Crippen LogP contribution in [0.15, 0.2) is 24.3 Å². The first-order valence-electron chi connectivity index (χ1n) is 5.36. The molecule has 0 fully saturated rings. The van der Waals surface area contributed by atoms with Crippen LogP contribution in [0.2, 0.25) is 0 Å². The summed E-state index contributed by atoms with van der Waals surface area (Å²) in [6.45, 7) is 1.82. The van der Waals surface area contributed by atoms with Gasteiger partial charge in [0.05, 0.1) is 0 Å². The molecule has 2 nitrogen and oxygen atoms in total. The third-order valence-corrected chi connectivity index (χ3v) is 2.40. The van der Waals surface area contributed by atoms with E-state index in [0.717, 1.165) is 24.8 Å². The summed E-state index contributed by atoms with van der Waals surface area (Å²) in [6.07, 6.45) is 2.40. The second-order valence-corrected chi connectivity index (χ2v) is 3.66. The van der Waals surface area contributed by atoms with E-state index in [0.29, 0.717) is 0 Å². The minimum absolute atomic E-state index is 0.141. The molecule has 1 aromatic carbocycles. The summed E-state index contributed by atoms with van der Waals surface area (Å²) in [7, 11) is 0. The number of hydrogen-bond donors (Lipinski definition) is 2. The van der Waals surface area contributed by atoms with Crippen molar-refractivity contribution in [3.05, 3.63) is 35.6 Å². The van der Waals surface area contributed by atoms with E-state index in [2.05, 4.69) is 17.3 Å². The highest BCUT2D eigenvalue weighted by molar-refractivity contribution is 5.17. The molecule has 86 valence electrons. The van der Waals surface area contributed by atoms with E-state index in [-0.39, 0.29) is 11.9 Å². The van der Waals surface area contributed by atoms with Crippen LogP contribution in [-0.2, 0) is 6.42 Å². The molecule has 16 heavy (non-hydrogen) atoms. The lowest BCUT2D eigenvalue weighted by atomic mass is 10.0. The predicted molar refractivity (Wildman–Crippen MR) is 63.9 cm³/mol. The second kappa shape index (κ2) is 7.00. The summed E-state index contributed by atoms with van der Waals surface area (Å²) in [5, 5.41) is 0. The van der Waals surface area contributed by atoms with Crippen molar-refractivity contribution in [2.45, 2.75) is 32.2 Å². The van der Waals surface area contributed by atoms with Crippen LogP contribution < -0.4 is 11.3 Å². The van der Waals surface area contributed by atoms with Gasteiger partial charge in [0.1, 0.15) is 5.82 Å². The first-order chi connectivity index (χ1) is 7.76. The fourth-order valence-corrected chi connectivity index (χ4v) is 1.56. The molecule has 0 spiro atoms. The molecule has 0 heterocycles. The monoisotopic (exact) mass is 220 g/mol. The van der Waals surface area contributed by atoms with Gasteiger partial charge in [0, 0.05) is 12.5 Å². The third kappa shape index (κ3) is 4.43. The Hall–Kier alpha value is -1.37. The Labute approximate surface area is 96.0 Å². The molecule has 1 rings (SSSR count). The quantitative estimate of drug-likeness (QED) is 0.452. The summed E-state index contributed by atoms with van der Waals surface area (Å²) < 4.78 is 13.0. The standard InChI is InChI=1S/C13H17FN2/c1-2-3-4-8-13(16-15)10-11-6-5-7-12(14)9-11/h5-7,9,13,16H,4,8,10,15H2,1H3. The summed E-state index contributed by atoms with van der Waals surface area (Å²) >= 11 is 0. The van der Waals surface area contributed by atoms with Gasteiger partial charge in [-0.1, -0.05) is 12.1 Å². The fraction of sp³-hybridized carbons (Fsp3) is 0.385. The second-order valence-electron chi connectivity index (χ2n) is 3.66. The van der Waals surface area contributed by atoms with Crippen LogP contribution in [0.1, 0.15) is 25.3 Å². The van der Waals surface area contributed by atoms with Crippen molar-refractivity contribution in [2.75, 3.05) is 0 Å². The number of hydrazine groups is 1. The van der Waals surface area contributed by atoms with Gasteiger partial charge in [-0.05, 0) is 37.5 Å². The number of rotatable bonds is 5. The molecule has 0 saturated carbocycles.